The van der Waals surface area contributed by atoms with Gasteiger partial charge in [-0.05, 0) is 6.42 Å². The highest BCUT2D eigenvalue weighted by Crippen LogP contribution is 2.26. The van der Waals surface area contributed by atoms with E-state index in [1.54, 1.807) is 0 Å². The molecule has 0 fully saturated rings. The third-order valence-electron chi connectivity index (χ3n) is 1.74. The van der Waals surface area contributed by atoms with Gasteiger partial charge in [-0.25, -0.2) is 13.8 Å². The second-order valence-electron chi connectivity index (χ2n) is 2.88. The zero-order valence-corrected chi connectivity index (χ0v) is 8.67. The average molecular weight is 221 g/mol. The number of rotatable bonds is 3. The van der Waals surface area contributed by atoms with E-state index in [-0.39, 0.29) is 10.3 Å². The number of nitrogens with zero attached hydrogens (tertiary/aromatic N) is 1. The fraction of sp³-hybridized carbons (Fsp3) is 0.444. The number of aromatic nitrogens is 1. The Hall–Kier alpha value is -0.710. The molecule has 1 atom stereocenters. The predicted octanol–water partition coefficient (Wildman–Crippen LogP) is 3.39. The lowest BCUT2D eigenvalue weighted by Gasteiger charge is -2.07. The molecular weight excluding hydrogens is 211 g/mol. The Morgan fingerprint density at radius 2 is 2.00 bits per heavy atom. The number of thioether (sulfide) groups is 1. The molecule has 1 unspecified atom stereocenters. The minimum Gasteiger partial charge on any atom is -0.208 e. The number of hydrogen-bond acceptors (Lipinski definition) is 2. The molecular formula is C9H10F3NS. The zero-order valence-electron chi connectivity index (χ0n) is 7.85. The molecule has 1 rings (SSSR count). The van der Waals surface area contributed by atoms with Crippen molar-refractivity contribution in [2.24, 2.45) is 0 Å². The van der Waals surface area contributed by atoms with Gasteiger partial charge in [0, 0.05) is 11.3 Å². The van der Waals surface area contributed by atoms with Crippen LogP contribution in [0.3, 0.4) is 0 Å². The highest BCUT2D eigenvalue weighted by molar-refractivity contribution is 7.99. The summed E-state index contributed by atoms with van der Waals surface area (Å²) in [7, 11) is 0. The van der Waals surface area contributed by atoms with Crippen molar-refractivity contribution in [3.63, 3.8) is 0 Å². The molecule has 0 aliphatic rings. The van der Waals surface area contributed by atoms with Gasteiger partial charge in [-0.2, -0.15) is 4.39 Å². The maximum absolute atomic E-state index is 13.0. The Balaban J connectivity index is 2.92. The van der Waals surface area contributed by atoms with Gasteiger partial charge in [-0.15, -0.1) is 11.8 Å². The largest absolute Gasteiger partial charge is 0.250 e. The average Bonchev–Trinajstić information content (AvgIpc) is 2.14. The highest BCUT2D eigenvalue weighted by Gasteiger charge is 2.13. The summed E-state index contributed by atoms with van der Waals surface area (Å²) in [6.45, 7) is 3.79. The smallest absolute Gasteiger partial charge is 0.208 e. The molecule has 14 heavy (non-hydrogen) atoms. The van der Waals surface area contributed by atoms with Gasteiger partial charge in [-0.3, -0.25) is 0 Å². The Bertz CT molecular complexity index is 330. The molecule has 0 aliphatic heterocycles. The van der Waals surface area contributed by atoms with Crippen LogP contribution in [-0.4, -0.2) is 10.2 Å². The van der Waals surface area contributed by atoms with E-state index in [9.17, 15) is 13.2 Å². The quantitative estimate of drug-likeness (QED) is 0.573. The van der Waals surface area contributed by atoms with Crippen LogP contribution in [0.1, 0.15) is 20.3 Å². The van der Waals surface area contributed by atoms with E-state index < -0.39 is 17.6 Å². The minimum absolute atomic E-state index is 0.0850. The summed E-state index contributed by atoms with van der Waals surface area (Å²) < 4.78 is 38.2. The molecule has 1 aromatic heterocycles. The summed E-state index contributed by atoms with van der Waals surface area (Å²) in [6.07, 6.45) is 0.810. The van der Waals surface area contributed by atoms with Gasteiger partial charge in [0.25, 0.3) is 0 Å². The van der Waals surface area contributed by atoms with Crippen LogP contribution in [0.4, 0.5) is 13.2 Å². The van der Waals surface area contributed by atoms with E-state index in [0.717, 1.165) is 18.2 Å². The first-order valence-electron chi connectivity index (χ1n) is 4.22. The standard InChI is InChI=1S/C9H10F3NS/c1-3-5(2)14-9-7(11)4-6(10)8(12)13-9/h4-5H,3H2,1-2H3. The fourth-order valence-corrected chi connectivity index (χ4v) is 1.64. The van der Waals surface area contributed by atoms with E-state index >= 15 is 0 Å². The number of halogens is 3. The van der Waals surface area contributed by atoms with Crippen molar-refractivity contribution < 1.29 is 13.2 Å². The second-order valence-corrected chi connectivity index (χ2v) is 4.31. The number of pyridine rings is 1. The van der Waals surface area contributed by atoms with E-state index in [4.69, 9.17) is 0 Å². The van der Waals surface area contributed by atoms with Gasteiger partial charge >= 0.3 is 0 Å². The summed E-state index contributed by atoms with van der Waals surface area (Å²) in [6, 6.07) is 0.521. The molecule has 0 saturated carbocycles. The fourth-order valence-electron chi connectivity index (χ4n) is 0.785. The Kier molecular flexibility index (Phi) is 3.80. The third-order valence-corrected chi connectivity index (χ3v) is 2.99. The first kappa shape index (κ1) is 11.4. The zero-order chi connectivity index (χ0) is 10.7. The molecule has 0 amide bonds. The summed E-state index contributed by atoms with van der Waals surface area (Å²) in [5.41, 5.74) is 0. The highest BCUT2D eigenvalue weighted by atomic mass is 32.2. The van der Waals surface area contributed by atoms with Crippen molar-refractivity contribution in [2.75, 3.05) is 0 Å². The Labute approximate surface area is 84.7 Å². The molecule has 0 aliphatic carbocycles. The third kappa shape index (κ3) is 2.64. The monoisotopic (exact) mass is 221 g/mol. The van der Waals surface area contributed by atoms with E-state index in [1.807, 2.05) is 13.8 Å². The molecule has 0 saturated heterocycles. The summed E-state index contributed by atoms with van der Waals surface area (Å²) >= 11 is 1.10. The number of hydrogen-bond donors (Lipinski definition) is 0. The van der Waals surface area contributed by atoms with Crippen LogP contribution in [0, 0.1) is 17.6 Å². The van der Waals surface area contributed by atoms with Crippen molar-refractivity contribution in [3.8, 4) is 0 Å². The summed E-state index contributed by atoms with van der Waals surface area (Å²) in [5, 5.41) is 0.0418. The lowest BCUT2D eigenvalue weighted by molar-refractivity contribution is 0.448. The summed E-state index contributed by atoms with van der Waals surface area (Å²) in [5.74, 6) is -3.32. The second kappa shape index (κ2) is 4.68. The molecule has 1 nitrogen and oxygen atoms in total. The molecule has 5 heteroatoms. The topological polar surface area (TPSA) is 12.9 Å². The maximum atomic E-state index is 13.0. The first-order chi connectivity index (χ1) is 6.54. The van der Waals surface area contributed by atoms with E-state index in [0.29, 0.717) is 6.07 Å². The van der Waals surface area contributed by atoms with Crippen molar-refractivity contribution in [2.45, 2.75) is 30.5 Å². The SMILES string of the molecule is CCC(C)Sc1nc(F)c(F)cc1F. The van der Waals surface area contributed by atoms with Crippen molar-refractivity contribution >= 4 is 11.8 Å². The van der Waals surface area contributed by atoms with Crippen LogP contribution < -0.4 is 0 Å². The van der Waals surface area contributed by atoms with Crippen LogP contribution in [0.5, 0.6) is 0 Å². The molecule has 1 heterocycles. The molecule has 0 bridgehead atoms. The van der Waals surface area contributed by atoms with Gasteiger partial charge < -0.3 is 0 Å². The van der Waals surface area contributed by atoms with Crippen LogP contribution in [0.2, 0.25) is 0 Å². The Morgan fingerprint density at radius 1 is 1.36 bits per heavy atom. The first-order valence-corrected chi connectivity index (χ1v) is 5.10. The Morgan fingerprint density at radius 3 is 2.57 bits per heavy atom. The van der Waals surface area contributed by atoms with Crippen molar-refractivity contribution in [1.29, 1.82) is 0 Å². The van der Waals surface area contributed by atoms with Gasteiger partial charge in [-0.1, -0.05) is 13.8 Å². The normalized spacial score (nSPS) is 12.9. The molecule has 1 aromatic rings. The maximum Gasteiger partial charge on any atom is 0.250 e. The van der Waals surface area contributed by atoms with Crippen molar-refractivity contribution in [3.05, 3.63) is 23.6 Å². The minimum atomic E-state index is -1.25. The van der Waals surface area contributed by atoms with Crippen LogP contribution in [-0.2, 0) is 0 Å². The van der Waals surface area contributed by atoms with E-state index in [2.05, 4.69) is 4.98 Å². The molecule has 0 aromatic carbocycles. The van der Waals surface area contributed by atoms with Gasteiger partial charge in [0.15, 0.2) is 11.6 Å². The molecule has 0 N–H and O–H groups in total. The van der Waals surface area contributed by atoms with Crippen LogP contribution >= 0.6 is 11.8 Å². The molecule has 0 radical (unpaired) electrons. The van der Waals surface area contributed by atoms with Gasteiger partial charge in [0.2, 0.25) is 5.95 Å². The lowest BCUT2D eigenvalue weighted by atomic mass is 10.4. The molecule has 0 spiro atoms. The van der Waals surface area contributed by atoms with E-state index in [1.165, 1.54) is 0 Å². The van der Waals surface area contributed by atoms with Crippen molar-refractivity contribution in [1.82, 2.24) is 4.98 Å². The van der Waals surface area contributed by atoms with Crippen LogP contribution in [0.15, 0.2) is 11.1 Å². The summed E-state index contributed by atoms with van der Waals surface area (Å²) in [4.78, 5) is 3.21. The van der Waals surface area contributed by atoms with Gasteiger partial charge in [0.05, 0.1) is 0 Å². The lowest BCUT2D eigenvalue weighted by Crippen LogP contribution is -2.00. The molecule has 78 valence electrons. The van der Waals surface area contributed by atoms with Crippen LogP contribution in [0.25, 0.3) is 0 Å². The predicted molar refractivity (Wildman–Crippen MR) is 49.7 cm³/mol. The van der Waals surface area contributed by atoms with Gasteiger partial charge in [0.1, 0.15) is 5.03 Å².